The van der Waals surface area contributed by atoms with Gasteiger partial charge in [-0.25, -0.2) is 4.79 Å². The molecule has 0 heterocycles. The average Bonchev–Trinajstić information content (AvgIpc) is 3.35. The molecule has 0 bridgehead atoms. The summed E-state index contributed by atoms with van der Waals surface area (Å²) in [5.41, 5.74) is 9.06. The molecule has 0 aromatic heterocycles. The fourth-order valence-electron chi connectivity index (χ4n) is 4.87. The molecule has 0 aliphatic rings. The van der Waals surface area contributed by atoms with Crippen molar-refractivity contribution in [3.63, 3.8) is 0 Å². The van der Waals surface area contributed by atoms with Crippen LogP contribution in [0.4, 0.5) is 4.79 Å². The summed E-state index contributed by atoms with van der Waals surface area (Å²) in [6.07, 6.45) is 0.233. The van der Waals surface area contributed by atoms with Gasteiger partial charge in [-0.15, -0.1) is 0 Å². The molecule has 346 valence electrons. The van der Waals surface area contributed by atoms with Crippen LogP contribution in [0.1, 0.15) is 129 Å². The number of nitrogens with zero attached hydrogens (tertiary/aromatic N) is 1. The van der Waals surface area contributed by atoms with Crippen molar-refractivity contribution in [3.8, 4) is 0 Å². The minimum absolute atomic E-state index is 0.00398. The summed E-state index contributed by atoms with van der Waals surface area (Å²) in [5, 5.41) is 41.7. The van der Waals surface area contributed by atoms with Crippen LogP contribution < -0.4 is 16.4 Å². The molecule has 61 heavy (non-hydrogen) atoms. The molecule has 0 radical (unpaired) electrons. The van der Waals surface area contributed by atoms with E-state index >= 15 is 0 Å². The lowest BCUT2D eigenvalue weighted by Gasteiger charge is -2.33. The molecular weight excluding hydrogens is 769 g/mol. The second kappa shape index (κ2) is 42.1. The van der Waals surface area contributed by atoms with Gasteiger partial charge in [-0.2, -0.15) is 0 Å². The standard InChI is InChI=1S/C15H23NO2.C10H13NO3.C9H13NO.C8H11NO.4C2H6/c1-5-15(2,3)14(18)16(4)13(11-17)12-9-7-6-8-10-12;1-14-10(13)11-9(7-12)8-5-3-2-4-6-8;1-10-9(7-11)8-5-3-2-4-6-8;9-8(6-10)7-4-2-1-3-5-7;4*1-2/h6-10,13,17H,5,11H2,1-4H3;2-6,9,12H,7H2,1H3,(H,11,13);2-6,9-11H,7H2,1H3;1-5,8,10H,6,9H2;4*1-2H3/t13-;2*9-;8-;;;;/m0000..../s1. The number of hydrogen-bond acceptors (Lipinski definition) is 9. The summed E-state index contributed by atoms with van der Waals surface area (Å²) >= 11 is 0. The smallest absolute Gasteiger partial charge is 0.407 e. The van der Waals surface area contributed by atoms with E-state index in [-0.39, 0.29) is 50.5 Å². The van der Waals surface area contributed by atoms with Gasteiger partial charge in [0.15, 0.2) is 0 Å². The average molecular weight is 853 g/mol. The number of alkyl carbamates (subject to hydrolysis) is 1. The van der Waals surface area contributed by atoms with Crippen LogP contribution in [0, 0.1) is 5.41 Å². The van der Waals surface area contributed by atoms with Gasteiger partial charge in [0.25, 0.3) is 0 Å². The number of methoxy groups -OCH3 is 1. The van der Waals surface area contributed by atoms with Gasteiger partial charge in [-0.3, -0.25) is 4.79 Å². The normalized spacial score (nSPS) is 11.5. The van der Waals surface area contributed by atoms with Crippen molar-refractivity contribution in [1.82, 2.24) is 15.5 Å². The zero-order valence-corrected chi connectivity index (χ0v) is 39.9. The number of rotatable bonds is 13. The van der Waals surface area contributed by atoms with Gasteiger partial charge < -0.3 is 46.4 Å². The number of aliphatic hydroxyl groups excluding tert-OH is 4. The third kappa shape index (κ3) is 27.0. The molecule has 11 heteroatoms. The third-order valence-electron chi connectivity index (χ3n) is 8.63. The molecule has 0 saturated heterocycles. The molecular formula is C50H84N4O7. The van der Waals surface area contributed by atoms with Crippen LogP contribution in [0.2, 0.25) is 0 Å². The first kappa shape index (κ1) is 63.0. The first-order chi connectivity index (χ1) is 29.4. The molecule has 0 aliphatic carbocycles. The maximum absolute atomic E-state index is 12.4. The summed E-state index contributed by atoms with van der Waals surface area (Å²) in [6.45, 7) is 21.8. The lowest BCUT2D eigenvalue weighted by atomic mass is 9.88. The van der Waals surface area contributed by atoms with E-state index in [1.54, 1.807) is 11.9 Å². The lowest BCUT2D eigenvalue weighted by Crippen LogP contribution is -2.41. The number of aliphatic hydroxyl groups is 4. The van der Waals surface area contributed by atoms with Crippen LogP contribution in [0.5, 0.6) is 0 Å². The van der Waals surface area contributed by atoms with Crippen molar-refractivity contribution in [2.24, 2.45) is 11.1 Å². The topological polar surface area (TPSA) is 178 Å². The van der Waals surface area contributed by atoms with Crippen LogP contribution in [0.15, 0.2) is 121 Å². The van der Waals surface area contributed by atoms with E-state index in [0.717, 1.165) is 28.7 Å². The van der Waals surface area contributed by atoms with Crippen molar-refractivity contribution in [3.05, 3.63) is 144 Å². The summed E-state index contributed by atoms with van der Waals surface area (Å²) in [7, 11) is 4.89. The molecule has 4 rings (SSSR count). The van der Waals surface area contributed by atoms with Gasteiger partial charge in [-0.05, 0) is 35.7 Å². The Morgan fingerprint density at radius 1 is 0.607 bits per heavy atom. The quantitative estimate of drug-likeness (QED) is 0.0691. The molecule has 2 amide bonds. The van der Waals surface area contributed by atoms with Crippen LogP contribution in [0.3, 0.4) is 0 Å². The number of carbonyl (C=O) groups excluding carboxylic acids is 2. The van der Waals surface area contributed by atoms with Gasteiger partial charge in [0.1, 0.15) is 0 Å². The van der Waals surface area contributed by atoms with E-state index in [2.05, 4.69) is 15.4 Å². The molecule has 4 atom stereocenters. The summed E-state index contributed by atoms with van der Waals surface area (Å²) in [4.78, 5) is 24.9. The molecule has 11 nitrogen and oxygen atoms in total. The zero-order valence-electron chi connectivity index (χ0n) is 39.9. The fraction of sp³-hybridized carbons (Fsp3) is 0.480. The Balaban J connectivity index is -0.000000342. The van der Waals surface area contributed by atoms with Crippen molar-refractivity contribution >= 4 is 12.0 Å². The number of benzene rings is 4. The molecule has 4 aromatic rings. The van der Waals surface area contributed by atoms with E-state index < -0.39 is 17.6 Å². The highest BCUT2D eigenvalue weighted by Crippen LogP contribution is 2.28. The largest absolute Gasteiger partial charge is 0.453 e. The minimum Gasteiger partial charge on any atom is -0.453 e. The zero-order chi connectivity index (χ0) is 47.6. The SMILES string of the molecule is CC.CC.CC.CC.CCC(C)(C)C(=O)N(C)[C@@H](CO)c1ccccc1.CN[C@@H](CO)c1ccccc1.COC(=O)N[C@@H](CO)c1ccccc1.N[C@@H](CO)c1ccccc1. The first-order valence-corrected chi connectivity index (χ1v) is 21.6. The lowest BCUT2D eigenvalue weighted by molar-refractivity contribution is -0.142. The molecule has 0 fully saturated rings. The Kier molecular flexibility index (Phi) is 43.5. The third-order valence-corrected chi connectivity index (χ3v) is 8.63. The molecule has 0 spiro atoms. The second-order valence-electron chi connectivity index (χ2n) is 12.7. The summed E-state index contributed by atoms with van der Waals surface area (Å²) in [6, 6.07) is 37.4. The van der Waals surface area contributed by atoms with Gasteiger partial charge in [-0.1, -0.05) is 197 Å². The summed E-state index contributed by atoms with van der Waals surface area (Å²) in [5.74, 6) is 0.0629. The van der Waals surface area contributed by atoms with E-state index in [4.69, 9.17) is 21.1 Å². The highest BCUT2D eigenvalue weighted by Gasteiger charge is 2.32. The van der Waals surface area contributed by atoms with E-state index in [0.29, 0.717) is 0 Å². The predicted octanol–water partition coefficient (Wildman–Crippen LogP) is 9.41. The Morgan fingerprint density at radius 2 is 0.951 bits per heavy atom. The van der Waals surface area contributed by atoms with Crippen molar-refractivity contribution < 1.29 is 34.8 Å². The number of carbonyl (C=O) groups is 2. The van der Waals surface area contributed by atoms with E-state index in [1.807, 2.05) is 205 Å². The fourth-order valence-corrected chi connectivity index (χ4v) is 4.87. The number of amides is 2. The Labute approximate surface area is 370 Å². The highest BCUT2D eigenvalue weighted by molar-refractivity contribution is 5.82. The predicted molar refractivity (Wildman–Crippen MR) is 256 cm³/mol. The molecule has 0 aliphatic heterocycles. The maximum atomic E-state index is 12.4. The maximum Gasteiger partial charge on any atom is 0.407 e. The van der Waals surface area contributed by atoms with Crippen LogP contribution in [-0.2, 0) is 9.53 Å². The Bertz CT molecular complexity index is 1510. The van der Waals surface area contributed by atoms with E-state index in [1.165, 1.54) is 7.11 Å². The Hall–Kier alpha value is -4.62. The van der Waals surface area contributed by atoms with E-state index in [9.17, 15) is 14.7 Å². The van der Waals surface area contributed by atoms with Crippen LogP contribution >= 0.6 is 0 Å². The molecule has 0 saturated carbocycles. The molecule has 8 N–H and O–H groups in total. The monoisotopic (exact) mass is 853 g/mol. The number of hydrogen-bond donors (Lipinski definition) is 7. The first-order valence-electron chi connectivity index (χ1n) is 21.6. The van der Waals surface area contributed by atoms with Crippen LogP contribution in [0.25, 0.3) is 0 Å². The van der Waals surface area contributed by atoms with Gasteiger partial charge >= 0.3 is 6.09 Å². The highest BCUT2D eigenvalue weighted by atomic mass is 16.5. The molecule has 4 aromatic carbocycles. The van der Waals surface area contributed by atoms with Crippen molar-refractivity contribution in [2.75, 3.05) is 47.6 Å². The Morgan fingerprint density at radius 3 is 1.25 bits per heavy atom. The van der Waals surface area contributed by atoms with Crippen molar-refractivity contribution in [1.29, 1.82) is 0 Å². The van der Waals surface area contributed by atoms with Gasteiger partial charge in [0, 0.05) is 12.5 Å². The van der Waals surface area contributed by atoms with Crippen LogP contribution in [-0.4, -0.2) is 85.0 Å². The number of nitrogens with one attached hydrogen (secondary N) is 2. The summed E-state index contributed by atoms with van der Waals surface area (Å²) < 4.78 is 4.44. The second-order valence-corrected chi connectivity index (χ2v) is 12.7. The van der Waals surface area contributed by atoms with Gasteiger partial charge in [0.2, 0.25) is 5.91 Å². The molecule has 0 unspecified atom stereocenters. The number of likely N-dealkylation sites (N-methyl/N-ethyl adjacent to an activating group) is 2. The number of ether oxygens (including phenoxy) is 1. The van der Waals surface area contributed by atoms with Crippen molar-refractivity contribution in [2.45, 2.75) is 107 Å². The number of nitrogens with two attached hydrogens (primary N) is 1. The van der Waals surface area contributed by atoms with Gasteiger partial charge in [0.05, 0.1) is 57.7 Å². The minimum atomic E-state index is -0.548.